The van der Waals surface area contributed by atoms with Gasteiger partial charge in [0.25, 0.3) is 0 Å². The minimum atomic E-state index is 0.500. The highest BCUT2D eigenvalue weighted by atomic mass is 16.7. The second kappa shape index (κ2) is 6.41. The summed E-state index contributed by atoms with van der Waals surface area (Å²) in [6.45, 7) is 3.49. The third-order valence-electron chi connectivity index (χ3n) is 0.539. The Hall–Kier alpha value is -0.590. The van der Waals surface area contributed by atoms with Gasteiger partial charge in [0.05, 0.1) is 19.3 Å². The van der Waals surface area contributed by atoms with Crippen LogP contribution in [0.4, 0.5) is 0 Å². The van der Waals surface area contributed by atoms with Gasteiger partial charge in [0.15, 0.2) is 0 Å². The Kier molecular flexibility index (Phi) is 5.94. The molecule has 1 fully saturated rings. The first kappa shape index (κ1) is 7.41. The lowest BCUT2D eigenvalue weighted by Gasteiger charge is -1.76. The zero-order valence-corrected chi connectivity index (χ0v) is 4.89. The van der Waals surface area contributed by atoms with Crippen molar-refractivity contribution in [1.29, 1.82) is 5.26 Å². The van der Waals surface area contributed by atoms with Crippen molar-refractivity contribution in [1.82, 2.24) is 0 Å². The van der Waals surface area contributed by atoms with Crippen molar-refractivity contribution < 1.29 is 9.47 Å². The van der Waals surface area contributed by atoms with Crippen molar-refractivity contribution in [3.8, 4) is 6.07 Å². The van der Waals surface area contributed by atoms with Gasteiger partial charge in [-0.25, -0.2) is 0 Å². The standard InChI is InChI=1S/C3H6O2.C2H3N/c1-2-5-3-4-1;1-2-3/h1-3H2;1H3. The Bertz CT molecular complexity index is 65.4. The molecule has 3 nitrogen and oxygen atoms in total. The summed E-state index contributed by atoms with van der Waals surface area (Å²) in [4.78, 5) is 0. The van der Waals surface area contributed by atoms with Gasteiger partial charge in [0, 0.05) is 6.92 Å². The van der Waals surface area contributed by atoms with Crippen LogP contribution < -0.4 is 0 Å². The van der Waals surface area contributed by atoms with Gasteiger partial charge >= 0.3 is 0 Å². The summed E-state index contributed by atoms with van der Waals surface area (Å²) in [5, 5.41) is 7.32. The third kappa shape index (κ3) is 5.41. The van der Waals surface area contributed by atoms with E-state index < -0.39 is 0 Å². The highest BCUT2D eigenvalue weighted by Crippen LogP contribution is 1.85. The molecule has 0 amide bonds. The minimum Gasteiger partial charge on any atom is -0.353 e. The summed E-state index contributed by atoms with van der Waals surface area (Å²) >= 11 is 0. The molecule has 1 heterocycles. The molecule has 0 saturated carbocycles. The minimum absolute atomic E-state index is 0.500. The van der Waals surface area contributed by atoms with Crippen LogP contribution in [0.2, 0.25) is 0 Å². The number of rotatable bonds is 0. The van der Waals surface area contributed by atoms with Crippen molar-refractivity contribution in [2.45, 2.75) is 6.92 Å². The molecule has 0 aliphatic carbocycles. The van der Waals surface area contributed by atoms with Gasteiger partial charge in [-0.15, -0.1) is 0 Å². The molecule has 0 spiro atoms. The summed E-state index contributed by atoms with van der Waals surface area (Å²) in [6.07, 6.45) is 0. The molecule has 0 aromatic carbocycles. The van der Waals surface area contributed by atoms with Crippen molar-refractivity contribution in [2.24, 2.45) is 0 Å². The van der Waals surface area contributed by atoms with E-state index in [1.54, 1.807) is 6.07 Å². The predicted molar refractivity (Wildman–Crippen MR) is 28.1 cm³/mol. The molecule has 8 heavy (non-hydrogen) atoms. The van der Waals surface area contributed by atoms with Crippen LogP contribution >= 0.6 is 0 Å². The Balaban J connectivity index is 0.000000145. The first-order chi connectivity index (χ1) is 3.91. The maximum absolute atomic E-state index is 7.32. The number of nitriles is 1. The van der Waals surface area contributed by atoms with Crippen LogP contribution in [0.3, 0.4) is 0 Å². The maximum Gasteiger partial charge on any atom is 0.146 e. The van der Waals surface area contributed by atoms with Gasteiger partial charge in [-0.3, -0.25) is 0 Å². The first-order valence-corrected chi connectivity index (χ1v) is 2.38. The lowest BCUT2D eigenvalue weighted by atomic mass is 10.8. The second-order valence-corrected chi connectivity index (χ2v) is 1.16. The lowest BCUT2D eigenvalue weighted by molar-refractivity contribution is 0.0692. The molecule has 0 aromatic heterocycles. The van der Waals surface area contributed by atoms with E-state index in [1.807, 2.05) is 0 Å². The molecule has 0 unspecified atom stereocenters. The predicted octanol–water partition coefficient (Wildman–Crippen LogP) is 0.521. The highest BCUT2D eigenvalue weighted by molar-refractivity contribution is 4.51. The van der Waals surface area contributed by atoms with E-state index in [1.165, 1.54) is 6.92 Å². The van der Waals surface area contributed by atoms with Crippen molar-refractivity contribution in [2.75, 3.05) is 20.0 Å². The summed E-state index contributed by atoms with van der Waals surface area (Å²) in [5.41, 5.74) is 0. The second-order valence-electron chi connectivity index (χ2n) is 1.16. The highest BCUT2D eigenvalue weighted by Gasteiger charge is 1.93. The van der Waals surface area contributed by atoms with Gasteiger partial charge in [-0.1, -0.05) is 0 Å². The molecular formula is C5H9NO2. The number of ether oxygens (including phenoxy) is 2. The largest absolute Gasteiger partial charge is 0.353 e. The first-order valence-electron chi connectivity index (χ1n) is 2.38. The average Bonchev–Trinajstić information content (AvgIpc) is 2.17. The van der Waals surface area contributed by atoms with Crippen LogP contribution in [0.15, 0.2) is 0 Å². The summed E-state index contributed by atoms with van der Waals surface area (Å²) in [6, 6.07) is 1.75. The molecule has 0 radical (unpaired) electrons. The lowest BCUT2D eigenvalue weighted by Crippen LogP contribution is -1.79. The molecule has 0 aromatic rings. The van der Waals surface area contributed by atoms with E-state index in [4.69, 9.17) is 14.7 Å². The smallest absolute Gasteiger partial charge is 0.146 e. The fraction of sp³-hybridized carbons (Fsp3) is 0.800. The zero-order valence-electron chi connectivity index (χ0n) is 4.89. The summed E-state index contributed by atoms with van der Waals surface area (Å²) < 4.78 is 9.44. The average molecular weight is 115 g/mol. The maximum atomic E-state index is 7.32. The van der Waals surface area contributed by atoms with E-state index >= 15 is 0 Å². The van der Waals surface area contributed by atoms with E-state index in [-0.39, 0.29) is 0 Å². The Morgan fingerprint density at radius 2 is 1.75 bits per heavy atom. The summed E-state index contributed by atoms with van der Waals surface area (Å²) in [5.74, 6) is 0. The molecule has 0 bridgehead atoms. The Morgan fingerprint density at radius 3 is 1.88 bits per heavy atom. The van der Waals surface area contributed by atoms with Crippen LogP contribution in [0.25, 0.3) is 0 Å². The van der Waals surface area contributed by atoms with Gasteiger partial charge in [0.1, 0.15) is 6.79 Å². The quantitative estimate of drug-likeness (QED) is 0.462. The van der Waals surface area contributed by atoms with Crippen LogP contribution in [0.5, 0.6) is 0 Å². The van der Waals surface area contributed by atoms with Crippen molar-refractivity contribution in [3.05, 3.63) is 0 Å². The van der Waals surface area contributed by atoms with E-state index in [0.29, 0.717) is 6.79 Å². The molecule has 1 saturated heterocycles. The van der Waals surface area contributed by atoms with E-state index in [9.17, 15) is 0 Å². The van der Waals surface area contributed by atoms with Crippen molar-refractivity contribution >= 4 is 0 Å². The number of nitrogens with zero attached hydrogens (tertiary/aromatic N) is 1. The Labute approximate surface area is 48.8 Å². The third-order valence-corrected chi connectivity index (χ3v) is 0.539. The topological polar surface area (TPSA) is 42.2 Å². The van der Waals surface area contributed by atoms with E-state index in [2.05, 4.69) is 0 Å². The van der Waals surface area contributed by atoms with Gasteiger partial charge in [-0.2, -0.15) is 5.26 Å². The monoisotopic (exact) mass is 115 g/mol. The fourth-order valence-electron chi connectivity index (χ4n) is 0.295. The van der Waals surface area contributed by atoms with Crippen LogP contribution in [-0.4, -0.2) is 20.0 Å². The molecule has 1 aliphatic rings. The molecule has 3 heteroatoms. The van der Waals surface area contributed by atoms with E-state index in [0.717, 1.165) is 13.2 Å². The Morgan fingerprint density at radius 1 is 1.38 bits per heavy atom. The molecule has 1 aliphatic heterocycles. The van der Waals surface area contributed by atoms with Gasteiger partial charge < -0.3 is 9.47 Å². The van der Waals surface area contributed by atoms with Gasteiger partial charge in [0.2, 0.25) is 0 Å². The van der Waals surface area contributed by atoms with Crippen LogP contribution in [-0.2, 0) is 9.47 Å². The number of hydrogen-bond acceptors (Lipinski definition) is 3. The molecule has 0 atom stereocenters. The summed E-state index contributed by atoms with van der Waals surface area (Å²) in [7, 11) is 0. The fourth-order valence-corrected chi connectivity index (χ4v) is 0.295. The number of hydrogen-bond donors (Lipinski definition) is 0. The molecule has 46 valence electrons. The zero-order chi connectivity index (χ0) is 6.24. The SMILES string of the molecule is C1COCO1.CC#N. The molecule has 1 rings (SSSR count). The van der Waals surface area contributed by atoms with Gasteiger partial charge in [-0.05, 0) is 0 Å². The molecule has 0 N–H and O–H groups in total. The van der Waals surface area contributed by atoms with Crippen LogP contribution in [0.1, 0.15) is 6.92 Å². The van der Waals surface area contributed by atoms with Crippen molar-refractivity contribution in [3.63, 3.8) is 0 Å². The molecular weight excluding hydrogens is 106 g/mol. The normalized spacial score (nSPS) is 16.0. The van der Waals surface area contributed by atoms with Crippen LogP contribution in [0, 0.1) is 11.3 Å².